The van der Waals surface area contributed by atoms with Crippen LogP contribution in [0.4, 0.5) is 8.78 Å². The van der Waals surface area contributed by atoms with Crippen LogP contribution in [0, 0.1) is 6.92 Å². The molecule has 0 spiro atoms. The van der Waals surface area contributed by atoms with Crippen molar-refractivity contribution in [3.05, 3.63) is 59.4 Å². The number of benzene rings is 2. The summed E-state index contributed by atoms with van der Waals surface area (Å²) in [4.78, 5) is 4.47. The van der Waals surface area contributed by atoms with Gasteiger partial charge in [-0.05, 0) is 30.7 Å². The highest BCUT2D eigenvalue weighted by Crippen LogP contribution is 2.25. The third kappa shape index (κ3) is 3.17. The van der Waals surface area contributed by atoms with E-state index in [1.807, 2.05) is 29.7 Å². The summed E-state index contributed by atoms with van der Waals surface area (Å²) >= 11 is 0. The molecule has 0 saturated heterocycles. The van der Waals surface area contributed by atoms with E-state index in [4.69, 9.17) is 0 Å². The van der Waals surface area contributed by atoms with Crippen molar-refractivity contribution >= 4 is 11.0 Å². The van der Waals surface area contributed by atoms with Gasteiger partial charge < -0.3 is 14.4 Å². The van der Waals surface area contributed by atoms with Crippen LogP contribution in [-0.4, -0.2) is 21.3 Å². The fourth-order valence-electron chi connectivity index (χ4n) is 2.60. The number of ether oxygens (including phenoxy) is 1. The Kier molecular flexibility index (Phi) is 4.25. The molecule has 1 heterocycles. The number of alkyl halides is 2. The van der Waals surface area contributed by atoms with Gasteiger partial charge in [0, 0.05) is 5.56 Å². The molecule has 0 atom stereocenters. The molecule has 2 aromatic carbocycles. The molecule has 1 aromatic heterocycles. The lowest BCUT2D eigenvalue weighted by Gasteiger charge is -2.13. The second-order valence-electron chi connectivity index (χ2n) is 5.21. The number of aromatic nitrogens is 2. The number of rotatable bonds is 5. The zero-order valence-corrected chi connectivity index (χ0v) is 12.5. The molecule has 0 fully saturated rings. The van der Waals surface area contributed by atoms with E-state index in [-0.39, 0.29) is 12.4 Å². The molecule has 1 N–H and O–H groups in total. The van der Waals surface area contributed by atoms with E-state index >= 15 is 0 Å². The molecule has 3 aromatic rings. The number of aliphatic hydroxyl groups is 1. The van der Waals surface area contributed by atoms with Crippen molar-refractivity contribution in [3.63, 3.8) is 0 Å². The molecule has 0 bridgehead atoms. The maximum Gasteiger partial charge on any atom is 0.387 e. The minimum absolute atomic E-state index is 0.0642. The molecular formula is C17H16F2N2O2. The van der Waals surface area contributed by atoms with Crippen LogP contribution >= 0.6 is 0 Å². The Morgan fingerprint density at radius 3 is 2.74 bits per heavy atom. The van der Waals surface area contributed by atoms with E-state index < -0.39 is 6.61 Å². The van der Waals surface area contributed by atoms with Gasteiger partial charge in [-0.3, -0.25) is 0 Å². The van der Waals surface area contributed by atoms with Crippen LogP contribution in [-0.2, 0) is 13.2 Å². The van der Waals surface area contributed by atoms with Gasteiger partial charge >= 0.3 is 6.61 Å². The standard InChI is InChI=1S/C17H16F2N2O2/c1-11-20-14-7-6-12(10-22)8-15(14)21(11)9-13-4-2-3-5-16(13)23-17(18)19/h2-8,17,22H,9-10H2,1H3. The second kappa shape index (κ2) is 6.34. The number of imidazole rings is 1. The first-order valence-electron chi connectivity index (χ1n) is 7.18. The molecule has 0 amide bonds. The Bertz CT molecular complexity index is 831. The van der Waals surface area contributed by atoms with Crippen molar-refractivity contribution in [2.45, 2.75) is 26.7 Å². The molecule has 0 aliphatic rings. The van der Waals surface area contributed by atoms with Crippen molar-refractivity contribution in [1.82, 2.24) is 9.55 Å². The van der Waals surface area contributed by atoms with Crippen LogP contribution < -0.4 is 4.74 Å². The number of nitrogens with zero attached hydrogens (tertiary/aromatic N) is 2. The number of hydrogen-bond donors (Lipinski definition) is 1. The van der Waals surface area contributed by atoms with Crippen molar-refractivity contribution in [1.29, 1.82) is 0 Å². The Morgan fingerprint density at radius 1 is 1.22 bits per heavy atom. The smallest absolute Gasteiger partial charge is 0.387 e. The minimum Gasteiger partial charge on any atom is -0.434 e. The lowest BCUT2D eigenvalue weighted by atomic mass is 10.2. The average molecular weight is 318 g/mol. The van der Waals surface area contributed by atoms with Crippen LogP contribution in [0.5, 0.6) is 5.75 Å². The van der Waals surface area contributed by atoms with Gasteiger partial charge in [0.15, 0.2) is 0 Å². The summed E-state index contributed by atoms with van der Waals surface area (Å²) < 4.78 is 31.6. The maximum absolute atomic E-state index is 12.5. The van der Waals surface area contributed by atoms with E-state index in [0.717, 1.165) is 22.4 Å². The van der Waals surface area contributed by atoms with Gasteiger partial charge in [0.2, 0.25) is 0 Å². The van der Waals surface area contributed by atoms with Crippen LogP contribution in [0.25, 0.3) is 11.0 Å². The Balaban J connectivity index is 2.03. The summed E-state index contributed by atoms with van der Waals surface area (Å²) in [5, 5.41) is 9.29. The van der Waals surface area contributed by atoms with Gasteiger partial charge in [-0.15, -0.1) is 0 Å². The highest BCUT2D eigenvalue weighted by atomic mass is 19.3. The van der Waals surface area contributed by atoms with Crippen molar-refractivity contribution < 1.29 is 18.6 Å². The van der Waals surface area contributed by atoms with Crippen molar-refractivity contribution in [2.75, 3.05) is 0 Å². The molecular weight excluding hydrogens is 302 g/mol. The predicted molar refractivity (Wildman–Crippen MR) is 82.6 cm³/mol. The largest absolute Gasteiger partial charge is 0.434 e. The molecule has 23 heavy (non-hydrogen) atoms. The number of hydrogen-bond acceptors (Lipinski definition) is 3. The first-order valence-corrected chi connectivity index (χ1v) is 7.18. The summed E-state index contributed by atoms with van der Waals surface area (Å²) in [5.74, 6) is 0.920. The lowest BCUT2D eigenvalue weighted by Crippen LogP contribution is -2.08. The monoisotopic (exact) mass is 318 g/mol. The Morgan fingerprint density at radius 2 is 2.00 bits per heavy atom. The highest BCUT2D eigenvalue weighted by Gasteiger charge is 2.13. The lowest BCUT2D eigenvalue weighted by molar-refractivity contribution is -0.0504. The first-order chi connectivity index (χ1) is 11.1. The van der Waals surface area contributed by atoms with E-state index in [9.17, 15) is 13.9 Å². The fraction of sp³-hybridized carbons (Fsp3) is 0.235. The van der Waals surface area contributed by atoms with Crippen molar-refractivity contribution in [2.24, 2.45) is 0 Å². The normalized spacial score (nSPS) is 11.3. The molecule has 0 unspecified atom stereocenters. The van der Waals surface area contributed by atoms with Gasteiger partial charge in [0.1, 0.15) is 11.6 Å². The summed E-state index contributed by atoms with van der Waals surface area (Å²) in [7, 11) is 0. The topological polar surface area (TPSA) is 47.3 Å². The SMILES string of the molecule is Cc1nc2ccc(CO)cc2n1Cc1ccccc1OC(F)F. The Hall–Kier alpha value is -2.47. The minimum atomic E-state index is -2.86. The van der Waals surface area contributed by atoms with Crippen LogP contribution in [0.2, 0.25) is 0 Å². The number of para-hydroxylation sites is 1. The third-order valence-electron chi connectivity index (χ3n) is 3.70. The zero-order valence-electron chi connectivity index (χ0n) is 12.5. The summed E-state index contributed by atoms with van der Waals surface area (Å²) in [6.07, 6.45) is 0. The fourth-order valence-corrected chi connectivity index (χ4v) is 2.60. The van der Waals surface area contributed by atoms with Crippen LogP contribution in [0.3, 0.4) is 0 Å². The predicted octanol–water partition coefficient (Wildman–Crippen LogP) is 3.49. The van der Waals surface area contributed by atoms with Gasteiger partial charge in [0.25, 0.3) is 0 Å². The van der Waals surface area contributed by atoms with Gasteiger partial charge in [-0.25, -0.2) is 4.98 Å². The van der Waals surface area contributed by atoms with E-state index in [0.29, 0.717) is 12.1 Å². The van der Waals surface area contributed by atoms with E-state index in [2.05, 4.69) is 9.72 Å². The van der Waals surface area contributed by atoms with Gasteiger partial charge in [-0.1, -0.05) is 24.3 Å². The van der Waals surface area contributed by atoms with E-state index in [1.165, 1.54) is 6.07 Å². The molecule has 120 valence electrons. The second-order valence-corrected chi connectivity index (χ2v) is 5.21. The van der Waals surface area contributed by atoms with E-state index in [1.54, 1.807) is 18.2 Å². The molecule has 0 aliphatic heterocycles. The number of fused-ring (bicyclic) bond motifs is 1. The average Bonchev–Trinajstić information content (AvgIpc) is 2.84. The Labute approximate surface area is 132 Å². The summed E-state index contributed by atoms with van der Waals surface area (Å²) in [5.41, 5.74) is 3.06. The highest BCUT2D eigenvalue weighted by molar-refractivity contribution is 5.77. The van der Waals surface area contributed by atoms with Gasteiger partial charge in [-0.2, -0.15) is 8.78 Å². The summed E-state index contributed by atoms with van der Waals surface area (Å²) in [6.45, 7) is -0.710. The zero-order chi connectivity index (χ0) is 16.4. The van der Waals surface area contributed by atoms with Gasteiger partial charge in [0.05, 0.1) is 24.2 Å². The number of aliphatic hydroxyl groups excluding tert-OH is 1. The first kappa shape index (κ1) is 15.4. The van der Waals surface area contributed by atoms with Crippen LogP contribution in [0.1, 0.15) is 17.0 Å². The number of aryl methyl sites for hydroxylation is 1. The van der Waals surface area contributed by atoms with Crippen LogP contribution in [0.15, 0.2) is 42.5 Å². The number of halogens is 2. The van der Waals surface area contributed by atoms with Crippen molar-refractivity contribution in [3.8, 4) is 5.75 Å². The molecule has 3 rings (SSSR count). The molecule has 6 heteroatoms. The quantitative estimate of drug-likeness (QED) is 0.783. The molecule has 0 aliphatic carbocycles. The molecule has 0 radical (unpaired) electrons. The maximum atomic E-state index is 12.5. The third-order valence-corrected chi connectivity index (χ3v) is 3.70. The summed E-state index contributed by atoms with van der Waals surface area (Å²) in [6, 6.07) is 12.2. The molecule has 4 nitrogen and oxygen atoms in total. The molecule has 0 saturated carbocycles.